The SMILES string of the molecule is CC(C)c1nc(C(=O)N2CCC(n3nccc3NC(=O)[C@H]3CCOC3)CC2)cs1. The van der Waals surface area contributed by atoms with Crippen LogP contribution in [0.3, 0.4) is 0 Å². The lowest BCUT2D eigenvalue weighted by molar-refractivity contribution is -0.119. The second kappa shape index (κ2) is 8.62. The molecule has 0 unspecified atom stereocenters. The Morgan fingerprint density at radius 3 is 2.72 bits per heavy atom. The van der Waals surface area contributed by atoms with Crippen molar-refractivity contribution in [2.75, 3.05) is 31.6 Å². The van der Waals surface area contributed by atoms with Gasteiger partial charge in [-0.3, -0.25) is 9.59 Å². The maximum Gasteiger partial charge on any atom is 0.273 e. The second-order valence-corrected chi connectivity index (χ2v) is 8.85. The molecule has 1 N–H and O–H groups in total. The summed E-state index contributed by atoms with van der Waals surface area (Å²) in [6, 6.07) is 1.99. The molecule has 2 aliphatic heterocycles. The van der Waals surface area contributed by atoms with Crippen molar-refractivity contribution in [3.05, 3.63) is 28.3 Å². The van der Waals surface area contributed by atoms with E-state index in [2.05, 4.69) is 29.2 Å². The summed E-state index contributed by atoms with van der Waals surface area (Å²) in [5.74, 6) is 0.944. The fourth-order valence-electron chi connectivity index (χ4n) is 3.80. The smallest absolute Gasteiger partial charge is 0.273 e. The second-order valence-electron chi connectivity index (χ2n) is 7.96. The molecule has 2 fully saturated rings. The van der Waals surface area contributed by atoms with Crippen LogP contribution in [0.15, 0.2) is 17.6 Å². The molecule has 2 aromatic heterocycles. The van der Waals surface area contributed by atoms with Gasteiger partial charge in [0, 0.05) is 37.1 Å². The maximum atomic E-state index is 12.8. The Morgan fingerprint density at radius 2 is 2.07 bits per heavy atom. The molecule has 2 aliphatic rings. The number of amides is 2. The van der Waals surface area contributed by atoms with Gasteiger partial charge in [0.15, 0.2) is 0 Å². The van der Waals surface area contributed by atoms with E-state index in [0.717, 1.165) is 24.3 Å². The van der Waals surface area contributed by atoms with Crippen molar-refractivity contribution >= 4 is 29.0 Å². The third-order valence-electron chi connectivity index (χ3n) is 5.55. The molecule has 1 atom stereocenters. The molecule has 8 nitrogen and oxygen atoms in total. The zero-order valence-corrected chi connectivity index (χ0v) is 17.7. The number of carbonyl (C=O) groups excluding carboxylic acids is 2. The molecule has 156 valence electrons. The largest absolute Gasteiger partial charge is 0.381 e. The number of hydrogen-bond acceptors (Lipinski definition) is 6. The summed E-state index contributed by atoms with van der Waals surface area (Å²) < 4.78 is 7.19. The Balaban J connectivity index is 1.35. The highest BCUT2D eigenvalue weighted by Gasteiger charge is 2.29. The third-order valence-corrected chi connectivity index (χ3v) is 6.70. The Hall–Kier alpha value is -2.26. The lowest BCUT2D eigenvalue weighted by Crippen LogP contribution is -2.39. The summed E-state index contributed by atoms with van der Waals surface area (Å²) in [5, 5.41) is 10.3. The molecule has 2 amide bonds. The van der Waals surface area contributed by atoms with Gasteiger partial charge in [0.2, 0.25) is 5.91 Å². The number of thiazole rings is 1. The molecule has 4 rings (SSSR count). The van der Waals surface area contributed by atoms with Crippen LogP contribution in [0.25, 0.3) is 0 Å². The zero-order valence-electron chi connectivity index (χ0n) is 16.8. The average molecular weight is 418 g/mol. The molecular formula is C20H27N5O3S. The summed E-state index contributed by atoms with van der Waals surface area (Å²) in [7, 11) is 0. The van der Waals surface area contributed by atoms with Crippen LogP contribution in [-0.4, -0.2) is 57.8 Å². The van der Waals surface area contributed by atoms with Crippen LogP contribution in [0.4, 0.5) is 5.82 Å². The predicted octanol–water partition coefficient (Wildman–Crippen LogP) is 2.92. The van der Waals surface area contributed by atoms with Gasteiger partial charge in [-0.25, -0.2) is 9.67 Å². The van der Waals surface area contributed by atoms with Gasteiger partial charge < -0.3 is 15.0 Å². The summed E-state index contributed by atoms with van der Waals surface area (Å²) in [5.41, 5.74) is 0.544. The molecule has 0 spiro atoms. The Kier molecular flexibility index (Phi) is 5.96. The highest BCUT2D eigenvalue weighted by Crippen LogP contribution is 2.27. The van der Waals surface area contributed by atoms with Gasteiger partial charge in [0.05, 0.1) is 29.8 Å². The van der Waals surface area contributed by atoms with Crippen LogP contribution >= 0.6 is 11.3 Å². The van der Waals surface area contributed by atoms with E-state index >= 15 is 0 Å². The van der Waals surface area contributed by atoms with E-state index < -0.39 is 0 Å². The van der Waals surface area contributed by atoms with Crippen LogP contribution in [0.5, 0.6) is 0 Å². The van der Waals surface area contributed by atoms with Gasteiger partial charge in [-0.2, -0.15) is 5.10 Å². The Labute approximate surface area is 174 Å². The number of piperidine rings is 1. The number of hydrogen-bond donors (Lipinski definition) is 1. The lowest BCUT2D eigenvalue weighted by Gasteiger charge is -2.32. The van der Waals surface area contributed by atoms with Crippen molar-refractivity contribution in [1.82, 2.24) is 19.7 Å². The summed E-state index contributed by atoms with van der Waals surface area (Å²) in [6.45, 7) is 6.60. The first-order valence-electron chi connectivity index (χ1n) is 10.2. The quantitative estimate of drug-likeness (QED) is 0.808. The molecule has 0 aliphatic carbocycles. The Morgan fingerprint density at radius 1 is 1.28 bits per heavy atom. The molecule has 0 aromatic carbocycles. The van der Waals surface area contributed by atoms with E-state index in [1.54, 1.807) is 17.5 Å². The lowest BCUT2D eigenvalue weighted by atomic mass is 10.0. The zero-order chi connectivity index (χ0) is 20.4. The average Bonchev–Trinajstić information content (AvgIpc) is 3.48. The minimum absolute atomic E-state index is 0.00169. The summed E-state index contributed by atoms with van der Waals surface area (Å²) >= 11 is 1.54. The van der Waals surface area contributed by atoms with Crippen molar-refractivity contribution in [3.63, 3.8) is 0 Å². The van der Waals surface area contributed by atoms with Crippen LogP contribution in [0.1, 0.15) is 60.6 Å². The predicted molar refractivity (Wildman–Crippen MR) is 110 cm³/mol. The van der Waals surface area contributed by atoms with Crippen molar-refractivity contribution < 1.29 is 14.3 Å². The van der Waals surface area contributed by atoms with E-state index in [-0.39, 0.29) is 23.8 Å². The Bertz CT molecular complexity index is 863. The van der Waals surface area contributed by atoms with Crippen molar-refractivity contribution in [1.29, 1.82) is 0 Å². The minimum Gasteiger partial charge on any atom is -0.381 e. The summed E-state index contributed by atoms with van der Waals surface area (Å²) in [6.07, 6.45) is 4.06. The number of aromatic nitrogens is 3. The molecule has 0 bridgehead atoms. The topological polar surface area (TPSA) is 89.4 Å². The van der Waals surface area contributed by atoms with Crippen LogP contribution in [0.2, 0.25) is 0 Å². The number of rotatable bonds is 5. The first-order chi connectivity index (χ1) is 14.0. The minimum atomic E-state index is -0.0911. The molecule has 0 radical (unpaired) electrons. The van der Waals surface area contributed by atoms with Crippen molar-refractivity contribution in [2.45, 2.75) is 45.1 Å². The molecule has 9 heteroatoms. The number of likely N-dealkylation sites (tertiary alicyclic amines) is 1. The van der Waals surface area contributed by atoms with E-state index in [4.69, 9.17) is 4.74 Å². The molecule has 2 saturated heterocycles. The van der Waals surface area contributed by atoms with Gasteiger partial charge in [-0.15, -0.1) is 11.3 Å². The maximum absolute atomic E-state index is 12.8. The molecule has 2 aromatic rings. The fourth-order valence-corrected chi connectivity index (χ4v) is 4.61. The van der Waals surface area contributed by atoms with Crippen molar-refractivity contribution in [2.24, 2.45) is 5.92 Å². The number of carbonyl (C=O) groups is 2. The fraction of sp³-hybridized carbons (Fsp3) is 0.600. The standard InChI is InChI=1S/C20H27N5O3S/c1-13(2)19-22-16(12-29-19)20(27)24-8-4-15(5-9-24)25-17(3-7-21-25)23-18(26)14-6-10-28-11-14/h3,7,12-15H,4-6,8-11H2,1-2H3,(H,23,26)/t14-/m0/s1. The monoisotopic (exact) mass is 417 g/mol. The third kappa shape index (κ3) is 4.35. The van der Waals surface area contributed by atoms with E-state index in [9.17, 15) is 9.59 Å². The van der Waals surface area contributed by atoms with Gasteiger partial charge in [0.25, 0.3) is 5.91 Å². The van der Waals surface area contributed by atoms with E-state index in [1.165, 1.54) is 0 Å². The number of nitrogens with zero attached hydrogens (tertiary/aromatic N) is 4. The van der Waals surface area contributed by atoms with Crippen molar-refractivity contribution in [3.8, 4) is 0 Å². The van der Waals surface area contributed by atoms with E-state index in [1.807, 2.05) is 21.0 Å². The number of anilines is 1. The molecular weight excluding hydrogens is 390 g/mol. The first kappa shape index (κ1) is 20.0. The normalized spacial score (nSPS) is 20.4. The highest BCUT2D eigenvalue weighted by molar-refractivity contribution is 7.09. The van der Waals surface area contributed by atoms with Crippen LogP contribution in [0, 0.1) is 5.92 Å². The molecule has 29 heavy (non-hydrogen) atoms. The summed E-state index contributed by atoms with van der Waals surface area (Å²) in [4.78, 5) is 31.5. The molecule has 0 saturated carbocycles. The first-order valence-corrected chi connectivity index (χ1v) is 11.1. The number of nitrogens with one attached hydrogen (secondary N) is 1. The van der Waals surface area contributed by atoms with Crippen LogP contribution < -0.4 is 5.32 Å². The number of ether oxygens (including phenoxy) is 1. The van der Waals surface area contributed by atoms with Gasteiger partial charge in [0.1, 0.15) is 11.5 Å². The van der Waals surface area contributed by atoms with Gasteiger partial charge in [-0.1, -0.05) is 13.8 Å². The van der Waals surface area contributed by atoms with Crippen LogP contribution in [-0.2, 0) is 9.53 Å². The van der Waals surface area contributed by atoms with E-state index in [0.29, 0.717) is 43.7 Å². The van der Waals surface area contributed by atoms with Gasteiger partial charge in [-0.05, 0) is 19.3 Å². The van der Waals surface area contributed by atoms with Gasteiger partial charge >= 0.3 is 0 Å². The molecule has 4 heterocycles. The highest BCUT2D eigenvalue weighted by atomic mass is 32.1.